The number of aromatic nitrogens is 3. The molecular formula is C30H28Cl2N4O4. The number of nitrogens with zero attached hydrogens (tertiary/aromatic N) is 3. The molecule has 0 amide bonds. The van der Waals surface area contributed by atoms with Crippen molar-refractivity contribution in [3.8, 4) is 29.2 Å². The molecule has 1 atom stereocenters. The van der Waals surface area contributed by atoms with Crippen molar-refractivity contribution in [1.82, 2.24) is 15.2 Å². The smallest absolute Gasteiger partial charge is 0.340 e. The van der Waals surface area contributed by atoms with Crippen LogP contribution < -0.4 is 4.74 Å². The molecule has 1 N–H and O–H groups in total. The van der Waals surface area contributed by atoms with Crippen LogP contribution >= 0.6 is 23.2 Å². The zero-order chi connectivity index (χ0) is 29.2. The number of nitrogens with one attached hydrogen (secondary N) is 1. The summed E-state index contributed by atoms with van der Waals surface area (Å²) in [4.78, 5) is 15.8. The number of hydrogen-bond donors (Lipinski definition) is 1. The summed E-state index contributed by atoms with van der Waals surface area (Å²) in [5.74, 6) is 0.866. The lowest BCUT2D eigenvalue weighted by Gasteiger charge is -2.26. The predicted molar refractivity (Wildman–Crippen MR) is 154 cm³/mol. The van der Waals surface area contributed by atoms with Gasteiger partial charge in [-0.15, -0.1) is 10.2 Å². The number of nitriles is 1. The molecule has 0 aliphatic rings. The molecule has 2 heterocycles. The van der Waals surface area contributed by atoms with Crippen LogP contribution in [0.4, 0.5) is 0 Å². The van der Waals surface area contributed by atoms with E-state index in [-0.39, 0.29) is 23.8 Å². The van der Waals surface area contributed by atoms with Crippen LogP contribution in [-0.4, -0.2) is 27.3 Å². The molecule has 8 nitrogen and oxygen atoms in total. The molecule has 2 aromatic heterocycles. The number of aromatic amines is 1. The number of H-pyrrole nitrogens is 1. The van der Waals surface area contributed by atoms with E-state index in [1.807, 2.05) is 39.8 Å². The Kier molecular flexibility index (Phi) is 8.38. The molecule has 4 aromatic rings. The van der Waals surface area contributed by atoms with Gasteiger partial charge in [-0.3, -0.25) is 0 Å². The molecule has 0 aliphatic carbocycles. The third-order valence-electron chi connectivity index (χ3n) is 6.55. The summed E-state index contributed by atoms with van der Waals surface area (Å²) in [6.07, 6.45) is 3.19. The van der Waals surface area contributed by atoms with E-state index < -0.39 is 5.97 Å². The molecule has 0 bridgehead atoms. The van der Waals surface area contributed by atoms with Crippen molar-refractivity contribution >= 4 is 35.2 Å². The maximum atomic E-state index is 12.8. The fourth-order valence-corrected chi connectivity index (χ4v) is 4.25. The lowest BCUT2D eigenvalue weighted by Crippen LogP contribution is -2.28. The summed E-state index contributed by atoms with van der Waals surface area (Å²) >= 11 is 12.6. The minimum Gasteiger partial charge on any atom is -0.458 e. The van der Waals surface area contributed by atoms with E-state index in [9.17, 15) is 10.1 Å². The van der Waals surface area contributed by atoms with Gasteiger partial charge in [-0.05, 0) is 54.7 Å². The predicted octanol–water partition coefficient (Wildman–Crippen LogP) is 8.17. The van der Waals surface area contributed by atoms with Crippen LogP contribution in [0, 0.1) is 23.7 Å². The number of halogens is 2. The number of carbonyl (C=O) groups excluding carboxylic acids is 1. The van der Waals surface area contributed by atoms with E-state index in [2.05, 4.69) is 21.8 Å². The van der Waals surface area contributed by atoms with Gasteiger partial charge >= 0.3 is 5.97 Å². The molecule has 4 rings (SSSR count). The average molecular weight is 579 g/mol. The summed E-state index contributed by atoms with van der Waals surface area (Å²) in [5, 5.41) is 18.3. The van der Waals surface area contributed by atoms with Gasteiger partial charge in [0.05, 0.1) is 28.6 Å². The maximum absolute atomic E-state index is 12.8. The topological polar surface area (TPSA) is 114 Å². The Morgan fingerprint density at radius 2 is 2.00 bits per heavy atom. The highest BCUT2D eigenvalue weighted by Gasteiger charge is 2.27. The van der Waals surface area contributed by atoms with Crippen LogP contribution in [-0.2, 0) is 11.2 Å². The van der Waals surface area contributed by atoms with Gasteiger partial charge in [0, 0.05) is 16.8 Å². The minimum absolute atomic E-state index is 0.186. The molecule has 1 unspecified atom stereocenters. The van der Waals surface area contributed by atoms with Crippen molar-refractivity contribution in [1.29, 1.82) is 5.26 Å². The van der Waals surface area contributed by atoms with Gasteiger partial charge in [0.15, 0.2) is 5.75 Å². The first-order valence-electron chi connectivity index (χ1n) is 12.4. The number of hydrogen-bond acceptors (Lipinski definition) is 7. The van der Waals surface area contributed by atoms with Crippen LogP contribution in [0.2, 0.25) is 10.0 Å². The summed E-state index contributed by atoms with van der Waals surface area (Å²) in [6, 6.07) is 10.3. The van der Waals surface area contributed by atoms with Crippen LogP contribution in [0.1, 0.15) is 66.2 Å². The number of carbonyl (C=O) groups is 1. The van der Waals surface area contributed by atoms with Gasteiger partial charge in [-0.2, -0.15) is 5.26 Å². The molecule has 40 heavy (non-hydrogen) atoms. The molecule has 10 heteroatoms. The monoisotopic (exact) mass is 578 g/mol. The van der Waals surface area contributed by atoms with E-state index in [0.29, 0.717) is 55.4 Å². The van der Waals surface area contributed by atoms with E-state index in [4.69, 9.17) is 37.1 Å². The highest BCUT2D eigenvalue weighted by molar-refractivity contribution is 6.32. The van der Waals surface area contributed by atoms with Gasteiger partial charge in [-0.25, -0.2) is 4.79 Å². The van der Waals surface area contributed by atoms with Crippen LogP contribution in [0.15, 0.2) is 47.5 Å². The molecule has 0 fully saturated rings. The van der Waals surface area contributed by atoms with E-state index >= 15 is 0 Å². The third kappa shape index (κ3) is 6.22. The zero-order valence-electron chi connectivity index (χ0n) is 22.8. The number of ether oxygens (including phenoxy) is 2. The zero-order valence-corrected chi connectivity index (χ0v) is 24.3. The van der Waals surface area contributed by atoms with Crippen LogP contribution in [0.5, 0.6) is 11.5 Å². The van der Waals surface area contributed by atoms with E-state index in [1.54, 1.807) is 37.4 Å². The second-order valence-corrected chi connectivity index (χ2v) is 11.2. The molecular weight excluding hydrogens is 551 g/mol. The van der Waals surface area contributed by atoms with Crippen molar-refractivity contribution in [2.45, 2.75) is 47.1 Å². The van der Waals surface area contributed by atoms with Crippen molar-refractivity contribution < 1.29 is 18.7 Å². The highest BCUT2D eigenvalue weighted by atomic mass is 35.5. The number of esters is 1. The number of rotatable bonds is 8. The molecule has 0 radical (unpaired) electrons. The van der Waals surface area contributed by atoms with Gasteiger partial charge in [0.25, 0.3) is 5.89 Å². The fraction of sp³-hybridized carbons (Fsp3) is 0.267. The SMILES string of the molecule is C=Cc1c(Cc2nnc(-c3[nH]cc(C(=O)OC(C)C(C)(C)C)c3C)o2)ccc(Cl)c1Oc1cc(Cl)cc(C#N)c1. The Morgan fingerprint density at radius 1 is 1.25 bits per heavy atom. The van der Waals surface area contributed by atoms with Crippen molar-refractivity contribution in [2.24, 2.45) is 5.41 Å². The van der Waals surface area contributed by atoms with Gasteiger partial charge in [0.1, 0.15) is 17.5 Å². The van der Waals surface area contributed by atoms with Gasteiger partial charge in [0.2, 0.25) is 5.89 Å². The van der Waals surface area contributed by atoms with Crippen LogP contribution in [0.3, 0.4) is 0 Å². The molecule has 0 saturated carbocycles. The highest BCUT2D eigenvalue weighted by Crippen LogP contribution is 2.38. The lowest BCUT2D eigenvalue weighted by atomic mass is 9.90. The second kappa shape index (κ2) is 11.6. The maximum Gasteiger partial charge on any atom is 0.340 e. The standard InChI is InChI=1S/C30H28Cl2N4O4/c1-7-22-19(8-9-24(32)27(22)39-21-11-18(14-33)10-20(31)13-21)12-25-35-36-28(40-25)26-16(2)23(15-34-26)29(37)38-17(3)30(4,5)6/h7-11,13,15,17,34H,1,12H2,2-6H3. The first kappa shape index (κ1) is 28.9. The average Bonchev–Trinajstić information content (AvgIpc) is 3.51. The molecule has 0 spiro atoms. The molecule has 206 valence electrons. The Balaban J connectivity index is 1.58. The first-order chi connectivity index (χ1) is 18.9. The molecule has 2 aromatic carbocycles. The normalized spacial score (nSPS) is 12.1. The summed E-state index contributed by atoms with van der Waals surface area (Å²) in [5.41, 5.74) is 3.15. The van der Waals surface area contributed by atoms with Gasteiger partial charge in [-0.1, -0.05) is 62.7 Å². The molecule has 0 saturated heterocycles. The van der Waals surface area contributed by atoms with Crippen LogP contribution in [0.25, 0.3) is 17.7 Å². The Hall–Kier alpha value is -4.06. The Morgan fingerprint density at radius 3 is 2.67 bits per heavy atom. The summed E-state index contributed by atoms with van der Waals surface area (Å²) in [6.45, 7) is 13.6. The van der Waals surface area contributed by atoms with Gasteiger partial charge < -0.3 is 18.9 Å². The van der Waals surface area contributed by atoms with Crippen molar-refractivity contribution in [3.63, 3.8) is 0 Å². The quantitative estimate of drug-likeness (QED) is 0.209. The fourth-order valence-electron chi connectivity index (χ4n) is 3.82. The van der Waals surface area contributed by atoms with E-state index in [0.717, 1.165) is 5.56 Å². The largest absolute Gasteiger partial charge is 0.458 e. The second-order valence-electron chi connectivity index (χ2n) is 10.3. The minimum atomic E-state index is -0.423. The number of benzene rings is 2. The Bertz CT molecular complexity index is 1630. The Labute approximate surface area is 242 Å². The van der Waals surface area contributed by atoms with Crippen molar-refractivity contribution in [2.75, 3.05) is 0 Å². The summed E-state index contributed by atoms with van der Waals surface area (Å²) in [7, 11) is 0. The third-order valence-corrected chi connectivity index (χ3v) is 7.06. The summed E-state index contributed by atoms with van der Waals surface area (Å²) < 4.78 is 17.6. The lowest BCUT2D eigenvalue weighted by molar-refractivity contribution is 0.00475. The first-order valence-corrected chi connectivity index (χ1v) is 13.2. The van der Waals surface area contributed by atoms with Crippen molar-refractivity contribution in [3.05, 3.63) is 86.9 Å². The molecule has 0 aliphatic heterocycles. The van der Waals surface area contributed by atoms with E-state index in [1.165, 1.54) is 6.07 Å².